The highest BCUT2D eigenvalue weighted by Crippen LogP contribution is 1.89. The number of nitrogens with one attached hydrogen (secondary N) is 2. The molecule has 0 aliphatic rings. The van der Waals surface area contributed by atoms with E-state index in [0.29, 0.717) is 0 Å². The number of aliphatic hydroxyl groups excluding tert-OH is 1. The molecule has 1 amide bonds. The van der Waals surface area contributed by atoms with Crippen molar-refractivity contribution >= 4 is 5.91 Å². The molecule has 0 aliphatic carbocycles. The van der Waals surface area contributed by atoms with Gasteiger partial charge in [0.1, 0.15) is 5.69 Å². The number of hydrogen-bond donors (Lipinski definition) is 3. The Morgan fingerprint density at radius 3 is 2.93 bits per heavy atom. The summed E-state index contributed by atoms with van der Waals surface area (Å²) in [7, 11) is 0. The van der Waals surface area contributed by atoms with Crippen molar-refractivity contribution in [2.75, 3.05) is 6.54 Å². The number of aliphatic hydroxyl groups is 1. The van der Waals surface area contributed by atoms with E-state index < -0.39 is 12.0 Å². The number of aromatic amines is 1. The molecule has 0 radical (unpaired) electrons. The average Bonchev–Trinajstić information content (AvgIpc) is 2.14. The first-order valence-corrected chi connectivity index (χ1v) is 4.25. The third-order valence-electron chi connectivity index (χ3n) is 1.57. The maximum Gasteiger partial charge on any atom is 0.267 e. The minimum absolute atomic E-state index is 0.162. The van der Waals surface area contributed by atoms with Gasteiger partial charge in [-0.25, -0.2) is 0 Å². The van der Waals surface area contributed by atoms with E-state index in [9.17, 15) is 9.59 Å². The first kappa shape index (κ1) is 10.5. The van der Waals surface area contributed by atoms with E-state index in [1.807, 2.05) is 0 Å². The number of hydrogen-bond acceptors (Lipinski definition) is 3. The van der Waals surface area contributed by atoms with Gasteiger partial charge in [-0.05, 0) is 13.0 Å². The molecular weight excluding hydrogens is 184 g/mol. The van der Waals surface area contributed by atoms with Crippen molar-refractivity contribution in [1.82, 2.24) is 10.3 Å². The van der Waals surface area contributed by atoms with E-state index in [1.54, 1.807) is 6.92 Å². The first-order chi connectivity index (χ1) is 6.59. The van der Waals surface area contributed by atoms with Crippen molar-refractivity contribution in [2.24, 2.45) is 0 Å². The summed E-state index contributed by atoms with van der Waals surface area (Å²) in [5.41, 5.74) is -0.132. The molecule has 5 nitrogen and oxygen atoms in total. The van der Waals surface area contributed by atoms with Crippen LogP contribution in [0.3, 0.4) is 0 Å². The van der Waals surface area contributed by atoms with Gasteiger partial charge in [0.15, 0.2) is 0 Å². The zero-order valence-corrected chi connectivity index (χ0v) is 7.78. The molecule has 0 aromatic carbocycles. The summed E-state index contributed by atoms with van der Waals surface area (Å²) in [6.45, 7) is 1.73. The molecule has 0 spiro atoms. The van der Waals surface area contributed by atoms with Crippen molar-refractivity contribution in [3.05, 3.63) is 34.2 Å². The molecule has 0 saturated heterocycles. The number of carbonyl (C=O) groups is 1. The highest BCUT2D eigenvalue weighted by molar-refractivity contribution is 5.92. The molecule has 1 aromatic rings. The van der Waals surface area contributed by atoms with Gasteiger partial charge in [-0.15, -0.1) is 0 Å². The molecule has 0 unspecified atom stereocenters. The Bertz CT molecular complexity index is 370. The maximum atomic E-state index is 11.3. The molecule has 1 aromatic heterocycles. The predicted octanol–water partition coefficient (Wildman–Crippen LogP) is -0.514. The van der Waals surface area contributed by atoms with Crippen LogP contribution in [0.25, 0.3) is 0 Å². The van der Waals surface area contributed by atoms with Gasteiger partial charge in [-0.2, -0.15) is 0 Å². The van der Waals surface area contributed by atoms with Crippen LogP contribution in [0.5, 0.6) is 0 Å². The van der Waals surface area contributed by atoms with E-state index in [2.05, 4.69) is 10.3 Å². The van der Waals surface area contributed by atoms with Crippen LogP contribution in [-0.4, -0.2) is 28.6 Å². The lowest BCUT2D eigenvalue weighted by Crippen LogP contribution is -2.31. The molecular formula is C9H12N2O3. The minimum Gasteiger partial charge on any atom is -0.392 e. The van der Waals surface area contributed by atoms with Gasteiger partial charge < -0.3 is 15.4 Å². The second-order valence-corrected chi connectivity index (χ2v) is 2.99. The minimum atomic E-state index is -0.602. The largest absolute Gasteiger partial charge is 0.392 e. The normalized spacial score (nSPS) is 12.1. The number of pyridine rings is 1. The van der Waals surface area contributed by atoms with Gasteiger partial charge in [0.05, 0.1) is 6.10 Å². The highest BCUT2D eigenvalue weighted by atomic mass is 16.3. The molecule has 0 bridgehead atoms. The quantitative estimate of drug-likeness (QED) is 0.608. The second kappa shape index (κ2) is 4.57. The summed E-state index contributed by atoms with van der Waals surface area (Å²) in [4.78, 5) is 24.5. The molecule has 1 atom stereocenters. The van der Waals surface area contributed by atoms with Gasteiger partial charge in [0, 0.05) is 12.6 Å². The van der Waals surface area contributed by atoms with E-state index in [4.69, 9.17) is 5.11 Å². The highest BCUT2D eigenvalue weighted by Gasteiger charge is 2.05. The summed E-state index contributed by atoms with van der Waals surface area (Å²) in [5.74, 6) is -0.399. The smallest absolute Gasteiger partial charge is 0.267 e. The number of rotatable bonds is 3. The van der Waals surface area contributed by atoms with Crippen LogP contribution in [-0.2, 0) is 0 Å². The van der Waals surface area contributed by atoms with Crippen molar-refractivity contribution in [2.45, 2.75) is 13.0 Å². The molecule has 5 heteroatoms. The third-order valence-corrected chi connectivity index (χ3v) is 1.57. The Hall–Kier alpha value is -1.62. The lowest BCUT2D eigenvalue weighted by Gasteiger charge is -2.06. The Kier molecular flexibility index (Phi) is 3.41. The van der Waals surface area contributed by atoms with E-state index in [0.717, 1.165) is 0 Å². The lowest BCUT2D eigenvalue weighted by atomic mass is 10.3. The molecule has 14 heavy (non-hydrogen) atoms. The van der Waals surface area contributed by atoms with E-state index in [1.165, 1.54) is 18.2 Å². The zero-order chi connectivity index (χ0) is 10.6. The van der Waals surface area contributed by atoms with Gasteiger partial charge >= 0.3 is 0 Å². The molecule has 3 N–H and O–H groups in total. The van der Waals surface area contributed by atoms with E-state index in [-0.39, 0.29) is 17.8 Å². The van der Waals surface area contributed by atoms with Crippen LogP contribution in [0.2, 0.25) is 0 Å². The van der Waals surface area contributed by atoms with Crippen molar-refractivity contribution in [3.8, 4) is 0 Å². The number of carbonyl (C=O) groups excluding carboxylic acids is 1. The molecule has 0 saturated carbocycles. The molecule has 76 valence electrons. The van der Waals surface area contributed by atoms with Crippen LogP contribution in [0.15, 0.2) is 23.0 Å². The second-order valence-electron chi connectivity index (χ2n) is 2.99. The fraction of sp³-hybridized carbons (Fsp3) is 0.333. The van der Waals surface area contributed by atoms with Crippen molar-refractivity contribution in [1.29, 1.82) is 0 Å². The van der Waals surface area contributed by atoms with Crippen LogP contribution in [0.1, 0.15) is 17.4 Å². The Morgan fingerprint density at radius 1 is 1.64 bits per heavy atom. The Morgan fingerprint density at radius 2 is 2.36 bits per heavy atom. The topological polar surface area (TPSA) is 82.2 Å². The van der Waals surface area contributed by atoms with Crippen LogP contribution >= 0.6 is 0 Å². The fourth-order valence-electron chi connectivity index (χ4n) is 0.916. The van der Waals surface area contributed by atoms with Gasteiger partial charge in [0.2, 0.25) is 5.56 Å². The predicted molar refractivity (Wildman–Crippen MR) is 51.1 cm³/mol. The molecule has 1 rings (SSSR count). The van der Waals surface area contributed by atoms with Crippen molar-refractivity contribution in [3.63, 3.8) is 0 Å². The lowest BCUT2D eigenvalue weighted by molar-refractivity contribution is 0.0919. The van der Waals surface area contributed by atoms with Crippen LogP contribution in [0.4, 0.5) is 0 Å². The average molecular weight is 196 g/mol. The van der Waals surface area contributed by atoms with E-state index >= 15 is 0 Å². The third kappa shape index (κ3) is 3.02. The van der Waals surface area contributed by atoms with Crippen LogP contribution < -0.4 is 10.9 Å². The summed E-state index contributed by atoms with van der Waals surface area (Å²) >= 11 is 0. The zero-order valence-electron chi connectivity index (χ0n) is 7.78. The first-order valence-electron chi connectivity index (χ1n) is 4.25. The standard InChI is InChI=1S/C9H12N2O3/c1-6(12)5-10-9(14)7-3-2-4-8(13)11-7/h2-4,6,12H,5H2,1H3,(H,10,14)(H,11,13)/t6-/m1/s1. The maximum absolute atomic E-state index is 11.3. The van der Waals surface area contributed by atoms with Gasteiger partial charge in [-0.3, -0.25) is 9.59 Å². The molecule has 0 fully saturated rings. The molecule has 1 heterocycles. The Balaban J connectivity index is 2.65. The molecule has 0 aliphatic heterocycles. The van der Waals surface area contributed by atoms with Gasteiger partial charge in [0.25, 0.3) is 5.91 Å². The van der Waals surface area contributed by atoms with Crippen molar-refractivity contribution < 1.29 is 9.90 Å². The fourth-order valence-corrected chi connectivity index (χ4v) is 0.916. The van der Waals surface area contributed by atoms with Gasteiger partial charge in [-0.1, -0.05) is 6.07 Å². The summed E-state index contributed by atoms with van der Waals surface area (Å²) in [6.07, 6.45) is -0.602. The summed E-state index contributed by atoms with van der Waals surface area (Å²) in [6, 6.07) is 4.32. The number of H-pyrrole nitrogens is 1. The SMILES string of the molecule is C[C@@H](O)CNC(=O)c1cccc(=O)[nH]1. The number of amides is 1. The summed E-state index contributed by atoms with van der Waals surface area (Å²) in [5, 5.41) is 11.4. The number of aromatic nitrogens is 1. The Labute approximate surface area is 80.8 Å². The summed E-state index contributed by atoms with van der Waals surface area (Å²) < 4.78 is 0. The monoisotopic (exact) mass is 196 g/mol. The van der Waals surface area contributed by atoms with Crippen LogP contribution in [0, 0.1) is 0 Å².